The highest BCUT2D eigenvalue weighted by molar-refractivity contribution is 7.85. The molecule has 0 radical (unpaired) electrons. The van der Waals surface area contributed by atoms with Crippen molar-refractivity contribution in [3.8, 4) is 5.75 Å². The van der Waals surface area contributed by atoms with Crippen molar-refractivity contribution in [3.05, 3.63) is 59.2 Å². The molecule has 6 nitrogen and oxygen atoms in total. The Bertz CT molecular complexity index is 950. The number of nitrogens with one attached hydrogen (secondary N) is 2. The predicted molar refractivity (Wildman–Crippen MR) is 103 cm³/mol. The molecule has 0 heterocycles. The van der Waals surface area contributed by atoms with Crippen molar-refractivity contribution in [2.45, 2.75) is 39.5 Å². The van der Waals surface area contributed by atoms with E-state index in [1.807, 2.05) is 45.9 Å². The highest BCUT2D eigenvalue weighted by Crippen LogP contribution is 2.32. The van der Waals surface area contributed by atoms with Crippen LogP contribution in [-0.2, 0) is 10.3 Å². The van der Waals surface area contributed by atoms with E-state index in [2.05, 4.69) is 9.50 Å². The molecule has 0 saturated carbocycles. The zero-order chi connectivity index (χ0) is 21.1. The van der Waals surface area contributed by atoms with Crippen LogP contribution < -0.4 is 14.2 Å². The molecule has 0 spiro atoms. The van der Waals surface area contributed by atoms with Crippen LogP contribution >= 0.6 is 0 Å². The molecule has 152 valence electrons. The summed E-state index contributed by atoms with van der Waals surface area (Å²) in [4.78, 5) is 12.3. The van der Waals surface area contributed by atoms with Gasteiger partial charge in [0.05, 0.1) is 0 Å². The lowest BCUT2D eigenvalue weighted by molar-refractivity contribution is 0.255. The molecule has 2 rings (SSSR count). The molecule has 2 amide bonds. The first-order chi connectivity index (χ1) is 13.0. The van der Waals surface area contributed by atoms with Crippen molar-refractivity contribution in [1.29, 1.82) is 0 Å². The average Bonchev–Trinajstić information content (AvgIpc) is 2.56. The van der Waals surface area contributed by atoms with Gasteiger partial charge in [-0.25, -0.2) is 18.3 Å². The van der Waals surface area contributed by atoms with Crippen LogP contribution in [0.5, 0.6) is 5.75 Å². The lowest BCUT2D eigenvalue weighted by Gasteiger charge is -2.20. The number of urea groups is 1. The minimum absolute atomic E-state index is 0.0789. The highest BCUT2D eigenvalue weighted by atomic mass is 32.2. The third-order valence-corrected chi connectivity index (χ3v) is 4.76. The molecule has 0 fully saturated rings. The van der Waals surface area contributed by atoms with E-state index in [4.69, 9.17) is 0 Å². The lowest BCUT2D eigenvalue weighted by Crippen LogP contribution is -2.37. The van der Waals surface area contributed by atoms with Crippen LogP contribution in [0, 0.1) is 11.6 Å². The molecule has 2 N–H and O–H groups in total. The highest BCUT2D eigenvalue weighted by Gasteiger charge is 2.22. The fourth-order valence-electron chi connectivity index (χ4n) is 2.63. The number of rotatable bonds is 6. The number of amides is 2. The molecule has 2 aromatic rings. The zero-order valence-corrected chi connectivity index (χ0v) is 16.7. The van der Waals surface area contributed by atoms with Crippen LogP contribution in [0.1, 0.15) is 50.7 Å². The number of carbonyl (C=O) groups excluding carboxylic acids is 1. The fourth-order valence-corrected chi connectivity index (χ4v) is 3.32. The van der Waals surface area contributed by atoms with Gasteiger partial charge < -0.3 is 9.50 Å². The van der Waals surface area contributed by atoms with E-state index in [1.165, 1.54) is 0 Å². The Hall–Kier alpha value is -2.68. The molecule has 0 aliphatic rings. The first kappa shape index (κ1) is 21.6. The second-order valence-electron chi connectivity index (χ2n) is 6.79. The smallest absolute Gasteiger partial charge is 0.364 e. The molecule has 0 aromatic heterocycles. The SMILES string of the molecule is CC(C)c1cccc(C(C)C)c1NC(=O)NS(=O)(=O)Oc1ccc(F)cc1F. The third-order valence-electron chi connectivity index (χ3n) is 3.92. The summed E-state index contributed by atoms with van der Waals surface area (Å²) in [7, 11) is -4.68. The minimum atomic E-state index is -4.68. The maximum atomic E-state index is 13.6. The number of hydrogen-bond donors (Lipinski definition) is 2. The third kappa shape index (κ3) is 5.41. The van der Waals surface area contributed by atoms with E-state index in [-0.39, 0.29) is 11.8 Å². The molecule has 0 aliphatic heterocycles. The van der Waals surface area contributed by atoms with Crippen molar-refractivity contribution in [2.24, 2.45) is 0 Å². The Morgan fingerprint density at radius 3 is 2.07 bits per heavy atom. The van der Waals surface area contributed by atoms with Gasteiger partial charge in [-0.2, -0.15) is 8.42 Å². The summed E-state index contributed by atoms with van der Waals surface area (Å²) in [5.41, 5.74) is 2.18. The molecule has 2 aromatic carbocycles. The maximum Gasteiger partial charge on any atom is 0.411 e. The Morgan fingerprint density at radius 2 is 1.57 bits per heavy atom. The Kier molecular flexibility index (Phi) is 6.60. The largest absolute Gasteiger partial charge is 0.411 e. The van der Waals surface area contributed by atoms with E-state index in [9.17, 15) is 22.0 Å². The van der Waals surface area contributed by atoms with Crippen LogP contribution in [0.3, 0.4) is 0 Å². The molecule has 0 aliphatic carbocycles. The van der Waals surface area contributed by atoms with Crippen LogP contribution in [0.15, 0.2) is 36.4 Å². The standard InChI is InChI=1S/C19H22F2N2O4S/c1-11(2)14-6-5-7-15(12(3)4)18(14)22-19(24)23-28(25,26)27-17-9-8-13(20)10-16(17)21/h5-12H,1-4H3,(H2,22,23,24). The van der Waals surface area contributed by atoms with Gasteiger partial charge in [0.25, 0.3) is 0 Å². The van der Waals surface area contributed by atoms with Crippen LogP contribution in [0.4, 0.5) is 19.3 Å². The van der Waals surface area contributed by atoms with Crippen molar-refractivity contribution < 1.29 is 26.2 Å². The van der Waals surface area contributed by atoms with Gasteiger partial charge in [0.1, 0.15) is 5.82 Å². The van der Waals surface area contributed by atoms with Gasteiger partial charge in [-0.1, -0.05) is 45.9 Å². The van der Waals surface area contributed by atoms with Gasteiger partial charge >= 0.3 is 16.3 Å². The van der Waals surface area contributed by atoms with Gasteiger partial charge in [0.15, 0.2) is 11.6 Å². The number of carbonyl (C=O) groups is 1. The van der Waals surface area contributed by atoms with E-state index < -0.39 is 33.7 Å². The second-order valence-corrected chi connectivity index (χ2v) is 8.07. The van der Waals surface area contributed by atoms with Crippen molar-refractivity contribution in [1.82, 2.24) is 4.72 Å². The molecular weight excluding hydrogens is 390 g/mol. The molecule has 9 heteroatoms. The summed E-state index contributed by atoms with van der Waals surface area (Å²) in [6, 6.07) is 6.60. The Morgan fingerprint density at radius 1 is 1.00 bits per heavy atom. The maximum absolute atomic E-state index is 13.6. The first-order valence-corrected chi connectivity index (χ1v) is 10.0. The molecule has 0 unspecified atom stereocenters. The zero-order valence-electron chi connectivity index (χ0n) is 15.9. The average molecular weight is 412 g/mol. The van der Waals surface area contributed by atoms with E-state index in [0.717, 1.165) is 23.3 Å². The van der Waals surface area contributed by atoms with E-state index in [1.54, 1.807) is 4.72 Å². The number of halogens is 2. The molecule has 0 bridgehead atoms. The van der Waals surface area contributed by atoms with Gasteiger partial charge in [0.2, 0.25) is 0 Å². The lowest BCUT2D eigenvalue weighted by atomic mass is 9.93. The molecule has 0 saturated heterocycles. The fraction of sp³-hybridized carbons (Fsp3) is 0.316. The van der Waals surface area contributed by atoms with Crippen LogP contribution in [-0.4, -0.2) is 14.4 Å². The summed E-state index contributed by atoms with van der Waals surface area (Å²) in [5, 5.41) is 2.54. The number of hydrogen-bond acceptors (Lipinski definition) is 4. The molecule has 0 atom stereocenters. The van der Waals surface area contributed by atoms with Crippen molar-refractivity contribution in [3.63, 3.8) is 0 Å². The molecular formula is C19H22F2N2O4S. The molecule has 28 heavy (non-hydrogen) atoms. The number of anilines is 1. The Balaban J connectivity index is 2.21. The summed E-state index contributed by atoms with van der Waals surface area (Å²) in [6.45, 7) is 7.78. The van der Waals surface area contributed by atoms with Crippen LogP contribution in [0.25, 0.3) is 0 Å². The minimum Gasteiger partial charge on any atom is -0.364 e. The normalized spacial score (nSPS) is 11.6. The predicted octanol–water partition coefficient (Wildman–Crippen LogP) is 4.66. The van der Waals surface area contributed by atoms with Gasteiger partial charge in [-0.3, -0.25) is 0 Å². The van der Waals surface area contributed by atoms with Crippen LogP contribution in [0.2, 0.25) is 0 Å². The number of benzene rings is 2. The summed E-state index contributed by atoms with van der Waals surface area (Å²) >= 11 is 0. The van der Waals surface area contributed by atoms with Crippen molar-refractivity contribution >= 4 is 22.0 Å². The van der Waals surface area contributed by atoms with E-state index in [0.29, 0.717) is 11.8 Å². The first-order valence-electron chi connectivity index (χ1n) is 8.61. The van der Waals surface area contributed by atoms with Gasteiger partial charge in [0, 0.05) is 11.8 Å². The Labute approximate surface area is 163 Å². The summed E-state index contributed by atoms with van der Waals surface area (Å²) < 4.78 is 56.7. The summed E-state index contributed by atoms with van der Waals surface area (Å²) in [5.74, 6) is -2.67. The monoisotopic (exact) mass is 412 g/mol. The van der Waals surface area contributed by atoms with E-state index >= 15 is 0 Å². The van der Waals surface area contributed by atoms with Crippen molar-refractivity contribution in [2.75, 3.05) is 5.32 Å². The summed E-state index contributed by atoms with van der Waals surface area (Å²) in [6.07, 6.45) is 0. The second kappa shape index (κ2) is 8.55. The van der Waals surface area contributed by atoms with Gasteiger partial charge in [-0.15, -0.1) is 0 Å². The van der Waals surface area contributed by atoms with Gasteiger partial charge in [-0.05, 0) is 35.1 Å². The topological polar surface area (TPSA) is 84.5 Å². The number of para-hydroxylation sites is 1. The quantitative estimate of drug-likeness (QED) is 0.723.